The molecule has 164 valence electrons. The predicted molar refractivity (Wildman–Crippen MR) is 125 cm³/mol. The third kappa shape index (κ3) is 3.19. The van der Waals surface area contributed by atoms with Crippen molar-refractivity contribution in [3.05, 3.63) is 65.9 Å². The highest BCUT2D eigenvalue weighted by Gasteiger charge is 2.23. The van der Waals surface area contributed by atoms with Gasteiger partial charge in [-0.1, -0.05) is 12.1 Å². The molecule has 0 spiro atoms. The number of hydrogen-bond acceptors (Lipinski definition) is 3. The second-order valence-electron chi connectivity index (χ2n) is 8.93. The van der Waals surface area contributed by atoms with Gasteiger partial charge in [0.15, 0.2) is 0 Å². The fourth-order valence-electron chi connectivity index (χ4n) is 5.39. The summed E-state index contributed by atoms with van der Waals surface area (Å²) < 4.78 is 18.2. The van der Waals surface area contributed by atoms with Gasteiger partial charge in [0.25, 0.3) is 0 Å². The number of likely N-dealkylation sites (tertiary alicyclic amines) is 1. The van der Waals surface area contributed by atoms with Crippen molar-refractivity contribution in [2.45, 2.75) is 38.6 Å². The molecule has 0 aliphatic carbocycles. The van der Waals surface area contributed by atoms with E-state index in [0.29, 0.717) is 5.92 Å². The van der Waals surface area contributed by atoms with Gasteiger partial charge in [-0.3, -0.25) is 4.40 Å². The summed E-state index contributed by atoms with van der Waals surface area (Å²) >= 11 is 0. The molecule has 0 radical (unpaired) electrons. The Bertz CT molecular complexity index is 1400. The van der Waals surface area contributed by atoms with E-state index in [9.17, 15) is 4.39 Å². The molecule has 1 aliphatic heterocycles. The number of aromatic nitrogens is 5. The smallest absolute Gasteiger partial charge is 0.236 e. The second kappa shape index (κ2) is 7.74. The molecule has 0 atom stereocenters. The highest BCUT2D eigenvalue weighted by atomic mass is 19.1. The van der Waals surface area contributed by atoms with Crippen molar-refractivity contribution in [2.75, 3.05) is 19.6 Å². The fraction of sp³-hybridized carbons (Fsp3) is 0.360. The van der Waals surface area contributed by atoms with Crippen molar-refractivity contribution < 1.29 is 4.39 Å². The van der Waals surface area contributed by atoms with Gasteiger partial charge in [-0.2, -0.15) is 0 Å². The van der Waals surface area contributed by atoms with Gasteiger partial charge in [0.05, 0.1) is 11.0 Å². The van der Waals surface area contributed by atoms with Crippen LogP contribution in [0.1, 0.15) is 36.6 Å². The minimum Gasteiger partial charge on any atom is -0.361 e. The number of H-pyrrole nitrogens is 1. The number of nitrogens with one attached hydrogen (secondary N) is 1. The monoisotopic (exact) mass is 430 g/mol. The first-order valence-electron chi connectivity index (χ1n) is 11.5. The number of nitrogens with zero attached hydrogens (tertiary/aromatic N) is 5. The van der Waals surface area contributed by atoms with E-state index in [1.165, 1.54) is 22.7 Å². The van der Waals surface area contributed by atoms with E-state index in [1.807, 2.05) is 13.0 Å². The summed E-state index contributed by atoms with van der Waals surface area (Å²) in [5, 5.41) is 9.74. The SMILES string of the molecule is Cc1nnc2n(CCCN3CCC(c4c[nH]c5ccc(F)cc45)CC3)c3ccccc3n12. The van der Waals surface area contributed by atoms with E-state index < -0.39 is 0 Å². The molecule has 2 aromatic carbocycles. The van der Waals surface area contributed by atoms with Crippen LogP contribution in [-0.4, -0.2) is 48.7 Å². The van der Waals surface area contributed by atoms with E-state index in [1.54, 1.807) is 6.07 Å². The molecule has 0 saturated carbocycles. The molecule has 1 aliphatic rings. The van der Waals surface area contributed by atoms with Crippen LogP contribution in [0.4, 0.5) is 4.39 Å². The Hall–Kier alpha value is -3.19. The number of aromatic amines is 1. The maximum Gasteiger partial charge on any atom is 0.236 e. The summed E-state index contributed by atoms with van der Waals surface area (Å²) in [6.07, 6.45) is 5.38. The Morgan fingerprint density at radius 1 is 1.03 bits per heavy atom. The normalized spacial score (nSPS) is 16.1. The topological polar surface area (TPSA) is 54.2 Å². The number of hydrogen-bond donors (Lipinski definition) is 1. The first kappa shape index (κ1) is 19.5. The summed E-state index contributed by atoms with van der Waals surface area (Å²) in [4.78, 5) is 5.87. The Balaban J connectivity index is 1.11. The van der Waals surface area contributed by atoms with E-state index >= 15 is 0 Å². The molecule has 1 saturated heterocycles. The molecule has 4 heterocycles. The average molecular weight is 431 g/mol. The van der Waals surface area contributed by atoms with E-state index in [2.05, 4.69) is 59.5 Å². The van der Waals surface area contributed by atoms with Crippen molar-refractivity contribution in [3.63, 3.8) is 0 Å². The lowest BCUT2D eigenvalue weighted by Gasteiger charge is -2.32. The summed E-state index contributed by atoms with van der Waals surface area (Å²) in [7, 11) is 0. The lowest BCUT2D eigenvalue weighted by atomic mass is 9.89. The van der Waals surface area contributed by atoms with Crippen LogP contribution in [0.25, 0.3) is 27.7 Å². The van der Waals surface area contributed by atoms with Crippen molar-refractivity contribution in [1.82, 2.24) is 29.0 Å². The summed E-state index contributed by atoms with van der Waals surface area (Å²) in [6.45, 7) is 6.16. The minimum absolute atomic E-state index is 0.162. The Kier molecular flexibility index (Phi) is 4.72. The van der Waals surface area contributed by atoms with Crippen molar-refractivity contribution in [3.8, 4) is 0 Å². The lowest BCUT2D eigenvalue weighted by molar-refractivity contribution is 0.208. The molecule has 5 aromatic rings. The van der Waals surface area contributed by atoms with Gasteiger partial charge in [0.1, 0.15) is 11.6 Å². The number of rotatable bonds is 5. The van der Waals surface area contributed by atoms with Crippen LogP contribution >= 0.6 is 0 Å². The van der Waals surface area contributed by atoms with Gasteiger partial charge in [0.2, 0.25) is 5.78 Å². The largest absolute Gasteiger partial charge is 0.361 e. The van der Waals surface area contributed by atoms with E-state index in [4.69, 9.17) is 0 Å². The molecular formula is C25H27FN6. The van der Waals surface area contributed by atoms with Gasteiger partial charge in [-0.05, 0) is 87.6 Å². The first-order chi connectivity index (χ1) is 15.7. The van der Waals surface area contributed by atoms with E-state index in [-0.39, 0.29) is 5.82 Å². The molecule has 32 heavy (non-hydrogen) atoms. The third-order valence-electron chi connectivity index (χ3n) is 7.02. The highest BCUT2D eigenvalue weighted by Crippen LogP contribution is 2.33. The van der Waals surface area contributed by atoms with Crippen LogP contribution in [0, 0.1) is 12.7 Å². The van der Waals surface area contributed by atoms with Crippen LogP contribution in [0.2, 0.25) is 0 Å². The third-order valence-corrected chi connectivity index (χ3v) is 7.02. The highest BCUT2D eigenvalue weighted by molar-refractivity contribution is 5.84. The van der Waals surface area contributed by atoms with Gasteiger partial charge in [-0.15, -0.1) is 10.2 Å². The second-order valence-corrected chi connectivity index (χ2v) is 8.93. The van der Waals surface area contributed by atoms with E-state index in [0.717, 1.165) is 67.9 Å². The summed E-state index contributed by atoms with van der Waals surface area (Å²) in [6, 6.07) is 13.5. The van der Waals surface area contributed by atoms with Crippen molar-refractivity contribution in [2.24, 2.45) is 0 Å². The number of halogens is 1. The lowest BCUT2D eigenvalue weighted by Crippen LogP contribution is -2.34. The van der Waals surface area contributed by atoms with Crippen LogP contribution in [0.5, 0.6) is 0 Å². The molecule has 1 N–H and O–H groups in total. The zero-order valence-electron chi connectivity index (χ0n) is 18.3. The summed E-state index contributed by atoms with van der Waals surface area (Å²) in [5.41, 5.74) is 4.67. The molecule has 6 rings (SSSR count). The van der Waals surface area contributed by atoms with Gasteiger partial charge >= 0.3 is 0 Å². The van der Waals surface area contributed by atoms with Crippen LogP contribution in [0.15, 0.2) is 48.7 Å². The number of para-hydroxylation sites is 2. The standard InChI is InChI=1S/C25H27FN6/c1-17-28-29-25-31(23-5-2-3-6-24(23)32(17)25)12-4-11-30-13-9-18(10-14-30)21-16-27-22-8-7-19(26)15-20(21)22/h2-3,5-8,15-16,18,27H,4,9-14H2,1H3. The summed E-state index contributed by atoms with van der Waals surface area (Å²) in [5.74, 6) is 2.18. The number of imidazole rings is 1. The molecule has 6 nitrogen and oxygen atoms in total. The molecule has 3 aromatic heterocycles. The molecular weight excluding hydrogens is 403 g/mol. The predicted octanol–water partition coefficient (Wildman–Crippen LogP) is 4.88. The van der Waals surface area contributed by atoms with Gasteiger partial charge < -0.3 is 14.5 Å². The minimum atomic E-state index is -0.162. The van der Waals surface area contributed by atoms with Crippen molar-refractivity contribution in [1.29, 1.82) is 0 Å². The van der Waals surface area contributed by atoms with Crippen LogP contribution in [-0.2, 0) is 6.54 Å². The zero-order chi connectivity index (χ0) is 21.7. The Labute approximate surface area is 185 Å². The Morgan fingerprint density at radius 3 is 2.69 bits per heavy atom. The van der Waals surface area contributed by atoms with Crippen LogP contribution < -0.4 is 0 Å². The number of aryl methyl sites for hydroxylation is 2. The number of piperidine rings is 1. The zero-order valence-corrected chi connectivity index (χ0v) is 18.3. The maximum atomic E-state index is 13.7. The molecule has 7 heteroatoms. The average Bonchev–Trinajstić information content (AvgIpc) is 3.49. The molecule has 0 unspecified atom stereocenters. The van der Waals surface area contributed by atoms with Crippen molar-refractivity contribution >= 4 is 27.7 Å². The number of fused-ring (bicyclic) bond motifs is 4. The molecule has 0 bridgehead atoms. The van der Waals surface area contributed by atoms with Gasteiger partial charge in [0, 0.05) is 23.6 Å². The first-order valence-corrected chi connectivity index (χ1v) is 11.5. The quantitative estimate of drug-likeness (QED) is 0.432. The maximum absolute atomic E-state index is 13.7. The molecule has 1 fully saturated rings. The fourth-order valence-corrected chi connectivity index (χ4v) is 5.39. The van der Waals surface area contributed by atoms with Crippen LogP contribution in [0.3, 0.4) is 0 Å². The molecule has 0 amide bonds. The Morgan fingerprint density at radius 2 is 1.84 bits per heavy atom. The van der Waals surface area contributed by atoms with Gasteiger partial charge in [-0.25, -0.2) is 4.39 Å². The number of benzene rings is 2.